The number of nitrogens with zero attached hydrogens (tertiary/aromatic N) is 2. The van der Waals surface area contributed by atoms with Gasteiger partial charge in [0.25, 0.3) is 5.69 Å². The molecule has 7 nitrogen and oxygen atoms in total. The average molecular weight is 235 g/mol. The summed E-state index contributed by atoms with van der Waals surface area (Å²) in [5.41, 5.74) is 4.96. The van der Waals surface area contributed by atoms with Crippen LogP contribution in [-0.4, -0.2) is 22.0 Å². The molecule has 0 saturated carbocycles. The summed E-state index contributed by atoms with van der Waals surface area (Å²) in [5.74, 6) is -1.25. The molecule has 0 heterocycles. The highest BCUT2D eigenvalue weighted by Gasteiger charge is 2.23. The van der Waals surface area contributed by atoms with Crippen LogP contribution in [0.2, 0.25) is 0 Å². The van der Waals surface area contributed by atoms with Crippen LogP contribution in [0.3, 0.4) is 0 Å². The Balaban J connectivity index is 3.20. The molecular formula is C10H9N3O4. The van der Waals surface area contributed by atoms with Crippen LogP contribution in [0.4, 0.5) is 5.69 Å². The first kappa shape index (κ1) is 12.6. The van der Waals surface area contributed by atoms with Crippen LogP contribution < -0.4 is 5.73 Å². The Morgan fingerprint density at radius 3 is 2.76 bits per heavy atom. The summed E-state index contributed by atoms with van der Waals surface area (Å²) in [7, 11) is 0. The number of benzene rings is 1. The minimum absolute atomic E-state index is 0.106. The van der Waals surface area contributed by atoms with Gasteiger partial charge in [0.2, 0.25) is 0 Å². The largest absolute Gasteiger partial charge is 0.480 e. The van der Waals surface area contributed by atoms with Gasteiger partial charge in [-0.1, -0.05) is 12.1 Å². The third-order valence-electron chi connectivity index (χ3n) is 2.18. The van der Waals surface area contributed by atoms with Crippen molar-refractivity contribution in [1.29, 1.82) is 5.26 Å². The molecule has 0 aromatic heterocycles. The minimum atomic E-state index is -1.25. The molecule has 0 aliphatic heterocycles. The second-order valence-electron chi connectivity index (χ2n) is 3.33. The van der Waals surface area contributed by atoms with Gasteiger partial charge in [0.15, 0.2) is 0 Å². The molecule has 0 amide bonds. The lowest BCUT2D eigenvalue weighted by Gasteiger charge is -2.07. The van der Waals surface area contributed by atoms with E-state index >= 15 is 0 Å². The number of para-hydroxylation sites is 1. The minimum Gasteiger partial charge on any atom is -0.480 e. The van der Waals surface area contributed by atoms with E-state index < -0.39 is 16.9 Å². The lowest BCUT2D eigenvalue weighted by atomic mass is 10.0. The molecule has 3 N–H and O–H groups in total. The van der Waals surface area contributed by atoms with Crippen molar-refractivity contribution in [1.82, 2.24) is 0 Å². The summed E-state index contributed by atoms with van der Waals surface area (Å²) < 4.78 is 0. The molecule has 0 radical (unpaired) electrons. The molecule has 1 rings (SSSR count). The lowest BCUT2D eigenvalue weighted by molar-refractivity contribution is -0.385. The average Bonchev–Trinajstić information content (AvgIpc) is 2.27. The smallest absolute Gasteiger partial charge is 0.320 e. The van der Waals surface area contributed by atoms with Crippen LogP contribution in [0.5, 0.6) is 0 Å². The Bertz CT molecular complexity index is 507. The topological polar surface area (TPSA) is 130 Å². The van der Waals surface area contributed by atoms with E-state index in [1.807, 2.05) is 0 Å². The molecule has 7 heteroatoms. The molecule has 88 valence electrons. The highest BCUT2D eigenvalue weighted by Crippen LogP contribution is 2.24. The van der Waals surface area contributed by atoms with Gasteiger partial charge in [-0.15, -0.1) is 0 Å². The lowest BCUT2D eigenvalue weighted by Crippen LogP contribution is -2.32. The van der Waals surface area contributed by atoms with Gasteiger partial charge >= 0.3 is 5.97 Å². The van der Waals surface area contributed by atoms with E-state index in [-0.39, 0.29) is 23.2 Å². The number of nitro benzene ring substituents is 1. The normalized spacial score (nSPS) is 11.5. The summed E-state index contributed by atoms with van der Waals surface area (Å²) in [6.07, 6.45) is -0.193. The maximum atomic E-state index is 10.8. The Morgan fingerprint density at radius 2 is 2.29 bits per heavy atom. The van der Waals surface area contributed by atoms with Crippen molar-refractivity contribution in [3.05, 3.63) is 39.4 Å². The number of rotatable bonds is 4. The number of hydrogen-bond acceptors (Lipinski definition) is 5. The second-order valence-corrected chi connectivity index (χ2v) is 3.33. The molecule has 1 atom stereocenters. The van der Waals surface area contributed by atoms with Crippen LogP contribution >= 0.6 is 0 Å². The number of carbonyl (C=O) groups is 1. The summed E-state index contributed by atoms with van der Waals surface area (Å²) in [6.45, 7) is 0. The van der Waals surface area contributed by atoms with Crippen molar-refractivity contribution in [2.24, 2.45) is 5.73 Å². The van der Waals surface area contributed by atoms with Gasteiger partial charge < -0.3 is 10.8 Å². The highest BCUT2D eigenvalue weighted by atomic mass is 16.6. The Hall–Kier alpha value is -2.46. The van der Waals surface area contributed by atoms with E-state index in [4.69, 9.17) is 16.1 Å². The number of aliphatic carboxylic acids is 1. The fourth-order valence-electron chi connectivity index (χ4n) is 1.39. The molecule has 0 spiro atoms. The number of carboxylic acid groups (broad SMARTS) is 1. The SMILES string of the molecule is N#Cc1cccc(C[C@H](N)C(=O)O)c1[N+](=O)[O-]. The summed E-state index contributed by atoms with van der Waals surface area (Å²) in [5, 5.41) is 28.2. The zero-order valence-corrected chi connectivity index (χ0v) is 8.66. The van der Waals surface area contributed by atoms with Crippen molar-refractivity contribution in [3.8, 4) is 6.07 Å². The zero-order chi connectivity index (χ0) is 13.0. The molecule has 0 fully saturated rings. The zero-order valence-electron chi connectivity index (χ0n) is 8.66. The van der Waals surface area contributed by atoms with E-state index in [2.05, 4.69) is 0 Å². The summed E-state index contributed by atoms with van der Waals surface area (Å²) in [4.78, 5) is 20.7. The molecule has 0 aliphatic carbocycles. The molecule has 0 unspecified atom stereocenters. The third-order valence-corrected chi connectivity index (χ3v) is 2.18. The van der Waals surface area contributed by atoms with Crippen LogP contribution in [0.25, 0.3) is 0 Å². The van der Waals surface area contributed by atoms with Crippen LogP contribution in [0.15, 0.2) is 18.2 Å². The first-order valence-corrected chi connectivity index (χ1v) is 4.62. The van der Waals surface area contributed by atoms with Crippen molar-refractivity contribution < 1.29 is 14.8 Å². The summed E-state index contributed by atoms with van der Waals surface area (Å²) in [6, 6.07) is 4.60. The van der Waals surface area contributed by atoms with Gasteiger partial charge in [-0.2, -0.15) is 5.26 Å². The van der Waals surface area contributed by atoms with Crippen LogP contribution in [0.1, 0.15) is 11.1 Å². The second kappa shape index (κ2) is 5.05. The fraction of sp³-hybridized carbons (Fsp3) is 0.200. The van der Waals surface area contributed by atoms with Crippen LogP contribution in [0, 0.1) is 21.4 Å². The number of carboxylic acids is 1. The maximum absolute atomic E-state index is 10.8. The van der Waals surface area contributed by atoms with Crippen LogP contribution in [-0.2, 0) is 11.2 Å². The van der Waals surface area contributed by atoms with Gasteiger partial charge in [-0.05, 0) is 6.07 Å². The molecule has 17 heavy (non-hydrogen) atoms. The molecule has 0 bridgehead atoms. The molecule has 1 aromatic rings. The molecule has 1 aromatic carbocycles. The van der Waals surface area contributed by atoms with Gasteiger partial charge in [0.1, 0.15) is 17.7 Å². The molecule has 0 aliphatic rings. The van der Waals surface area contributed by atoms with Gasteiger partial charge in [-0.25, -0.2) is 0 Å². The Kier molecular flexibility index (Phi) is 3.74. The number of nitro groups is 1. The number of nitriles is 1. The van der Waals surface area contributed by atoms with Crippen molar-refractivity contribution in [3.63, 3.8) is 0 Å². The predicted octanol–water partition coefficient (Wildman–Crippen LogP) is 0.421. The van der Waals surface area contributed by atoms with Crippen molar-refractivity contribution in [2.45, 2.75) is 12.5 Å². The third kappa shape index (κ3) is 2.76. The first-order valence-electron chi connectivity index (χ1n) is 4.62. The quantitative estimate of drug-likeness (QED) is 0.574. The Morgan fingerprint density at radius 1 is 1.65 bits per heavy atom. The molecular weight excluding hydrogens is 226 g/mol. The first-order chi connectivity index (χ1) is 7.97. The van der Waals surface area contributed by atoms with Gasteiger partial charge in [0.05, 0.1) is 4.92 Å². The van der Waals surface area contributed by atoms with Crippen molar-refractivity contribution >= 4 is 11.7 Å². The Labute approximate surface area is 96.2 Å². The van der Waals surface area contributed by atoms with E-state index in [1.54, 1.807) is 6.07 Å². The van der Waals surface area contributed by atoms with E-state index in [1.165, 1.54) is 18.2 Å². The highest BCUT2D eigenvalue weighted by molar-refractivity contribution is 5.74. The van der Waals surface area contributed by atoms with Gasteiger partial charge in [0, 0.05) is 12.0 Å². The standard InChI is InChI=1S/C10H9N3O4/c11-5-7-3-1-2-6(9(7)13(16)17)4-8(12)10(14)15/h1-3,8H,4,12H2,(H,14,15)/t8-/m0/s1. The van der Waals surface area contributed by atoms with E-state index in [0.717, 1.165) is 0 Å². The predicted molar refractivity (Wildman–Crippen MR) is 57.1 cm³/mol. The maximum Gasteiger partial charge on any atom is 0.320 e. The number of nitrogens with two attached hydrogens (primary N) is 1. The van der Waals surface area contributed by atoms with Crippen molar-refractivity contribution in [2.75, 3.05) is 0 Å². The van der Waals surface area contributed by atoms with E-state index in [9.17, 15) is 14.9 Å². The van der Waals surface area contributed by atoms with E-state index in [0.29, 0.717) is 0 Å². The number of hydrogen-bond donors (Lipinski definition) is 2. The summed E-state index contributed by atoms with van der Waals surface area (Å²) >= 11 is 0. The van der Waals surface area contributed by atoms with Gasteiger partial charge in [-0.3, -0.25) is 14.9 Å². The molecule has 0 saturated heterocycles. The monoisotopic (exact) mass is 235 g/mol. The fourth-order valence-corrected chi connectivity index (χ4v) is 1.39.